The van der Waals surface area contributed by atoms with Crippen LogP contribution in [0.25, 0.3) is 0 Å². The number of nitrogens with zero attached hydrogens (tertiary/aromatic N) is 2. The lowest BCUT2D eigenvalue weighted by molar-refractivity contribution is 0.417. The Balaban J connectivity index is 2.00. The summed E-state index contributed by atoms with van der Waals surface area (Å²) in [5, 5.41) is 3.53. The van der Waals surface area contributed by atoms with Gasteiger partial charge >= 0.3 is 0 Å². The average Bonchev–Trinajstić information content (AvgIpc) is 3.07. The first-order valence-electron chi connectivity index (χ1n) is 7.25. The van der Waals surface area contributed by atoms with E-state index in [1.54, 1.807) is 0 Å². The highest BCUT2D eigenvalue weighted by Gasteiger charge is 2.20. The van der Waals surface area contributed by atoms with Crippen LogP contribution in [0.3, 0.4) is 0 Å². The van der Waals surface area contributed by atoms with Gasteiger partial charge in [0.2, 0.25) is 0 Å². The van der Waals surface area contributed by atoms with Crippen molar-refractivity contribution in [1.82, 2.24) is 10.3 Å². The minimum absolute atomic E-state index is 0.287. The monoisotopic (exact) mass is 261 g/mol. The van der Waals surface area contributed by atoms with Gasteiger partial charge in [0.25, 0.3) is 0 Å². The summed E-state index contributed by atoms with van der Waals surface area (Å²) in [6, 6.07) is 3.01. The van der Waals surface area contributed by atoms with E-state index in [2.05, 4.69) is 56.0 Å². The summed E-state index contributed by atoms with van der Waals surface area (Å²) in [5.74, 6) is 1.10. The Morgan fingerprint density at radius 3 is 2.58 bits per heavy atom. The lowest BCUT2D eigenvalue weighted by Crippen LogP contribution is -2.30. The number of rotatable bonds is 5. The fourth-order valence-electron chi connectivity index (χ4n) is 2.46. The summed E-state index contributed by atoms with van der Waals surface area (Å²) in [6.07, 6.45) is 4.68. The van der Waals surface area contributed by atoms with Gasteiger partial charge in [0.1, 0.15) is 5.82 Å². The summed E-state index contributed by atoms with van der Waals surface area (Å²) in [5.41, 5.74) is 2.84. The van der Waals surface area contributed by atoms with Crippen LogP contribution in [0.4, 0.5) is 5.82 Å². The van der Waals surface area contributed by atoms with Crippen LogP contribution >= 0.6 is 0 Å². The van der Waals surface area contributed by atoms with Crippen molar-refractivity contribution >= 4 is 5.82 Å². The number of hydrogen-bond acceptors (Lipinski definition) is 3. The number of aryl methyl sites for hydroxylation is 1. The van der Waals surface area contributed by atoms with Crippen molar-refractivity contribution in [3.63, 3.8) is 0 Å². The first-order valence-corrected chi connectivity index (χ1v) is 7.25. The standard InChI is InChI=1S/C16H27N3/c1-12-8-13(9-17-14-6-7-14)10-18-15(12)19(5)11-16(2,3)4/h8,10,14,17H,6-7,9,11H2,1-5H3. The maximum Gasteiger partial charge on any atom is 0.131 e. The van der Waals surface area contributed by atoms with E-state index in [4.69, 9.17) is 0 Å². The molecule has 1 aromatic heterocycles. The molecule has 106 valence electrons. The normalized spacial score (nSPS) is 15.6. The van der Waals surface area contributed by atoms with Crippen molar-refractivity contribution in [3.05, 3.63) is 23.4 Å². The van der Waals surface area contributed by atoms with Crippen LogP contribution in [0.5, 0.6) is 0 Å². The van der Waals surface area contributed by atoms with Crippen LogP contribution in [-0.2, 0) is 6.54 Å². The molecule has 0 radical (unpaired) electrons. The third-order valence-electron chi connectivity index (χ3n) is 3.35. The van der Waals surface area contributed by atoms with Gasteiger partial charge in [-0.15, -0.1) is 0 Å². The van der Waals surface area contributed by atoms with E-state index in [-0.39, 0.29) is 5.41 Å². The van der Waals surface area contributed by atoms with E-state index in [0.29, 0.717) is 0 Å². The zero-order valence-electron chi connectivity index (χ0n) is 13.0. The Bertz CT molecular complexity index is 430. The number of nitrogens with one attached hydrogen (secondary N) is 1. The fraction of sp³-hybridized carbons (Fsp3) is 0.688. The average molecular weight is 261 g/mol. The zero-order valence-corrected chi connectivity index (χ0v) is 13.0. The topological polar surface area (TPSA) is 28.2 Å². The molecule has 1 aromatic rings. The largest absolute Gasteiger partial charge is 0.359 e. The van der Waals surface area contributed by atoms with Crippen LogP contribution in [0, 0.1) is 12.3 Å². The van der Waals surface area contributed by atoms with E-state index in [9.17, 15) is 0 Å². The van der Waals surface area contributed by atoms with Gasteiger partial charge in [0, 0.05) is 32.4 Å². The van der Waals surface area contributed by atoms with Crippen molar-refractivity contribution in [2.24, 2.45) is 5.41 Å². The van der Waals surface area contributed by atoms with Crippen molar-refractivity contribution in [2.45, 2.75) is 53.1 Å². The summed E-state index contributed by atoms with van der Waals surface area (Å²) < 4.78 is 0. The first-order chi connectivity index (χ1) is 8.85. The second-order valence-corrected chi connectivity index (χ2v) is 7.06. The summed E-state index contributed by atoms with van der Waals surface area (Å²) in [7, 11) is 2.13. The Morgan fingerprint density at radius 2 is 2.05 bits per heavy atom. The summed E-state index contributed by atoms with van der Waals surface area (Å²) in [4.78, 5) is 6.90. The molecule has 0 atom stereocenters. The molecule has 0 bridgehead atoms. The molecule has 3 nitrogen and oxygen atoms in total. The number of hydrogen-bond donors (Lipinski definition) is 1. The lowest BCUT2D eigenvalue weighted by atomic mass is 9.96. The van der Waals surface area contributed by atoms with Crippen molar-refractivity contribution in [2.75, 3.05) is 18.5 Å². The van der Waals surface area contributed by atoms with E-state index in [1.165, 1.54) is 24.0 Å². The molecule has 0 amide bonds. The Morgan fingerprint density at radius 1 is 1.37 bits per heavy atom. The van der Waals surface area contributed by atoms with E-state index >= 15 is 0 Å². The molecule has 0 saturated heterocycles. The predicted molar refractivity (Wildman–Crippen MR) is 81.6 cm³/mol. The van der Waals surface area contributed by atoms with E-state index < -0.39 is 0 Å². The minimum Gasteiger partial charge on any atom is -0.359 e. The maximum atomic E-state index is 4.65. The van der Waals surface area contributed by atoms with Gasteiger partial charge in [-0.05, 0) is 42.4 Å². The van der Waals surface area contributed by atoms with Gasteiger partial charge in [-0.2, -0.15) is 0 Å². The van der Waals surface area contributed by atoms with Gasteiger partial charge in [-0.1, -0.05) is 20.8 Å². The van der Waals surface area contributed by atoms with Gasteiger partial charge in [0.15, 0.2) is 0 Å². The van der Waals surface area contributed by atoms with E-state index in [1.807, 2.05) is 6.20 Å². The quantitative estimate of drug-likeness (QED) is 0.882. The van der Waals surface area contributed by atoms with Gasteiger partial charge in [-0.3, -0.25) is 0 Å². The predicted octanol–water partition coefficient (Wildman–Crippen LogP) is 3.12. The Kier molecular flexibility index (Phi) is 4.14. The molecule has 1 aliphatic rings. The molecule has 0 aromatic carbocycles. The van der Waals surface area contributed by atoms with E-state index in [0.717, 1.165) is 24.9 Å². The molecule has 1 saturated carbocycles. The number of aromatic nitrogens is 1. The Labute approximate surface area is 117 Å². The van der Waals surface area contributed by atoms with Crippen molar-refractivity contribution in [3.8, 4) is 0 Å². The molecule has 1 N–H and O–H groups in total. The molecule has 0 unspecified atom stereocenters. The second-order valence-electron chi connectivity index (χ2n) is 7.06. The molecule has 19 heavy (non-hydrogen) atoms. The van der Waals surface area contributed by atoms with Crippen LogP contribution in [-0.4, -0.2) is 24.6 Å². The highest BCUT2D eigenvalue weighted by Crippen LogP contribution is 2.23. The van der Waals surface area contributed by atoms with Crippen LogP contribution < -0.4 is 10.2 Å². The lowest BCUT2D eigenvalue weighted by Gasteiger charge is -2.28. The third-order valence-corrected chi connectivity index (χ3v) is 3.35. The van der Waals surface area contributed by atoms with Crippen molar-refractivity contribution < 1.29 is 0 Å². The highest BCUT2D eigenvalue weighted by atomic mass is 15.2. The Hall–Kier alpha value is -1.09. The maximum absolute atomic E-state index is 4.65. The third kappa shape index (κ3) is 4.50. The fourth-order valence-corrected chi connectivity index (χ4v) is 2.46. The molecule has 1 fully saturated rings. The van der Waals surface area contributed by atoms with Gasteiger partial charge < -0.3 is 10.2 Å². The molecule has 1 aliphatic carbocycles. The molecule has 2 rings (SSSR count). The number of pyridine rings is 1. The first kappa shape index (κ1) is 14.3. The van der Waals surface area contributed by atoms with Crippen LogP contribution in [0.15, 0.2) is 12.3 Å². The molecular weight excluding hydrogens is 234 g/mol. The molecule has 3 heteroatoms. The van der Waals surface area contributed by atoms with Crippen LogP contribution in [0.1, 0.15) is 44.7 Å². The smallest absolute Gasteiger partial charge is 0.131 e. The number of anilines is 1. The van der Waals surface area contributed by atoms with Gasteiger partial charge in [-0.25, -0.2) is 4.98 Å². The molecular formula is C16H27N3. The summed E-state index contributed by atoms with van der Waals surface area (Å²) >= 11 is 0. The highest BCUT2D eigenvalue weighted by molar-refractivity contribution is 5.46. The van der Waals surface area contributed by atoms with Crippen molar-refractivity contribution in [1.29, 1.82) is 0 Å². The second kappa shape index (κ2) is 5.49. The molecule has 0 spiro atoms. The molecule has 0 aliphatic heterocycles. The zero-order chi connectivity index (χ0) is 14.0. The molecule has 1 heterocycles. The van der Waals surface area contributed by atoms with Crippen LogP contribution in [0.2, 0.25) is 0 Å². The SMILES string of the molecule is Cc1cc(CNC2CC2)cnc1N(C)CC(C)(C)C. The van der Waals surface area contributed by atoms with Gasteiger partial charge in [0.05, 0.1) is 0 Å². The summed E-state index contributed by atoms with van der Waals surface area (Å²) in [6.45, 7) is 10.9. The minimum atomic E-state index is 0.287.